The Labute approximate surface area is 135 Å². The van der Waals surface area contributed by atoms with E-state index in [1.165, 1.54) is 0 Å². The van der Waals surface area contributed by atoms with Gasteiger partial charge in [0.15, 0.2) is 0 Å². The Morgan fingerprint density at radius 3 is 2.65 bits per heavy atom. The number of aromatic amines is 1. The van der Waals surface area contributed by atoms with Crippen LogP contribution < -0.4 is 5.32 Å². The third-order valence-corrected chi connectivity index (χ3v) is 3.84. The molecule has 1 atom stereocenters. The first-order valence-electron chi connectivity index (χ1n) is 7.61. The molecule has 116 valence electrons. The van der Waals surface area contributed by atoms with Gasteiger partial charge in [0, 0.05) is 5.56 Å². The highest BCUT2D eigenvalue weighted by Gasteiger charge is 2.17. The maximum Gasteiger partial charge on any atom is 0.255 e. The highest BCUT2D eigenvalue weighted by Crippen LogP contribution is 2.22. The number of amides is 1. The van der Waals surface area contributed by atoms with Crippen LogP contribution in [0.25, 0.3) is 11.3 Å². The van der Waals surface area contributed by atoms with Crippen molar-refractivity contribution in [2.45, 2.75) is 19.9 Å². The van der Waals surface area contributed by atoms with Crippen molar-refractivity contribution in [2.75, 3.05) is 0 Å². The van der Waals surface area contributed by atoms with E-state index in [-0.39, 0.29) is 11.9 Å². The molecule has 23 heavy (non-hydrogen) atoms. The average Bonchev–Trinajstić information content (AvgIpc) is 3.05. The Kier molecular flexibility index (Phi) is 4.24. The molecule has 0 aliphatic heterocycles. The van der Waals surface area contributed by atoms with Crippen molar-refractivity contribution in [1.29, 1.82) is 0 Å². The molecule has 0 aliphatic rings. The molecule has 1 heterocycles. The zero-order valence-electron chi connectivity index (χ0n) is 13.2. The largest absolute Gasteiger partial charge is 0.345 e. The topological polar surface area (TPSA) is 57.8 Å². The number of nitrogens with one attached hydrogen (secondary N) is 2. The monoisotopic (exact) mass is 305 g/mol. The van der Waals surface area contributed by atoms with Gasteiger partial charge in [-0.05, 0) is 25.5 Å². The molecule has 0 unspecified atom stereocenters. The fourth-order valence-electron chi connectivity index (χ4n) is 2.58. The van der Waals surface area contributed by atoms with Gasteiger partial charge in [0.05, 0.1) is 23.5 Å². The van der Waals surface area contributed by atoms with E-state index in [1.807, 2.05) is 68.4 Å². The second-order valence-electron chi connectivity index (χ2n) is 5.63. The highest BCUT2D eigenvalue weighted by molar-refractivity contribution is 5.99. The number of aromatic nitrogens is 2. The van der Waals surface area contributed by atoms with Gasteiger partial charge in [0.1, 0.15) is 0 Å². The van der Waals surface area contributed by atoms with Crippen LogP contribution in [-0.2, 0) is 0 Å². The van der Waals surface area contributed by atoms with Gasteiger partial charge in [0.25, 0.3) is 5.91 Å². The summed E-state index contributed by atoms with van der Waals surface area (Å²) in [6, 6.07) is 17.8. The Morgan fingerprint density at radius 1 is 1.13 bits per heavy atom. The van der Waals surface area contributed by atoms with E-state index in [9.17, 15) is 4.79 Å². The lowest BCUT2D eigenvalue weighted by molar-refractivity contribution is 0.0940. The van der Waals surface area contributed by atoms with E-state index in [1.54, 1.807) is 6.20 Å². The SMILES string of the molecule is Cc1cccc(-c2[nH]ncc2C(=O)N[C@@H](C)c2ccccc2)c1. The van der Waals surface area contributed by atoms with Crippen molar-refractivity contribution in [1.82, 2.24) is 15.5 Å². The van der Waals surface area contributed by atoms with Crippen LogP contribution >= 0.6 is 0 Å². The molecule has 3 aromatic rings. The van der Waals surface area contributed by atoms with E-state index in [0.717, 1.165) is 22.4 Å². The lowest BCUT2D eigenvalue weighted by atomic mass is 10.0. The van der Waals surface area contributed by atoms with Gasteiger partial charge in [-0.1, -0.05) is 54.1 Å². The molecular formula is C19H19N3O. The van der Waals surface area contributed by atoms with Crippen molar-refractivity contribution in [3.05, 3.63) is 77.5 Å². The molecule has 3 rings (SSSR count). The molecule has 4 nitrogen and oxygen atoms in total. The number of carbonyl (C=O) groups excluding carboxylic acids is 1. The molecule has 4 heteroatoms. The van der Waals surface area contributed by atoms with Gasteiger partial charge in [-0.2, -0.15) is 5.10 Å². The molecule has 0 saturated heterocycles. The summed E-state index contributed by atoms with van der Waals surface area (Å²) in [5.41, 5.74) is 4.47. The highest BCUT2D eigenvalue weighted by atomic mass is 16.1. The van der Waals surface area contributed by atoms with Crippen LogP contribution in [-0.4, -0.2) is 16.1 Å². The summed E-state index contributed by atoms with van der Waals surface area (Å²) in [5, 5.41) is 10.0. The molecule has 0 radical (unpaired) electrons. The van der Waals surface area contributed by atoms with Gasteiger partial charge in [-0.3, -0.25) is 9.89 Å². The van der Waals surface area contributed by atoms with Gasteiger partial charge >= 0.3 is 0 Å². The lowest BCUT2D eigenvalue weighted by Crippen LogP contribution is -2.26. The summed E-state index contributed by atoms with van der Waals surface area (Å²) < 4.78 is 0. The van der Waals surface area contributed by atoms with Gasteiger partial charge < -0.3 is 5.32 Å². The Bertz CT molecular complexity index is 808. The second-order valence-corrected chi connectivity index (χ2v) is 5.63. The van der Waals surface area contributed by atoms with E-state index in [4.69, 9.17) is 0 Å². The summed E-state index contributed by atoms with van der Waals surface area (Å²) in [6.07, 6.45) is 1.57. The number of nitrogens with zero attached hydrogens (tertiary/aromatic N) is 1. The van der Waals surface area contributed by atoms with Crippen LogP contribution in [0.2, 0.25) is 0 Å². The van der Waals surface area contributed by atoms with Crippen molar-refractivity contribution in [3.8, 4) is 11.3 Å². The van der Waals surface area contributed by atoms with Crippen LogP contribution in [0.15, 0.2) is 60.8 Å². The van der Waals surface area contributed by atoms with Crippen molar-refractivity contribution >= 4 is 5.91 Å². The fourth-order valence-corrected chi connectivity index (χ4v) is 2.58. The first-order valence-corrected chi connectivity index (χ1v) is 7.61. The zero-order chi connectivity index (χ0) is 16.2. The fraction of sp³-hybridized carbons (Fsp3) is 0.158. The third kappa shape index (κ3) is 3.31. The van der Waals surface area contributed by atoms with E-state index in [0.29, 0.717) is 5.56 Å². The van der Waals surface area contributed by atoms with Gasteiger partial charge in [-0.15, -0.1) is 0 Å². The number of carbonyl (C=O) groups is 1. The minimum absolute atomic E-state index is 0.0658. The number of rotatable bonds is 4. The molecule has 0 spiro atoms. The molecule has 0 fully saturated rings. The van der Waals surface area contributed by atoms with Gasteiger partial charge in [-0.25, -0.2) is 0 Å². The predicted molar refractivity (Wildman–Crippen MR) is 91.1 cm³/mol. The Balaban J connectivity index is 1.83. The summed E-state index contributed by atoms with van der Waals surface area (Å²) in [5.74, 6) is -0.133. The minimum Gasteiger partial charge on any atom is -0.345 e. The lowest BCUT2D eigenvalue weighted by Gasteiger charge is -2.14. The molecular weight excluding hydrogens is 286 g/mol. The van der Waals surface area contributed by atoms with Crippen molar-refractivity contribution in [2.24, 2.45) is 0 Å². The second kappa shape index (κ2) is 6.48. The summed E-state index contributed by atoms with van der Waals surface area (Å²) >= 11 is 0. The number of aryl methyl sites for hydroxylation is 1. The molecule has 0 bridgehead atoms. The smallest absolute Gasteiger partial charge is 0.255 e. The van der Waals surface area contributed by atoms with E-state index >= 15 is 0 Å². The van der Waals surface area contributed by atoms with Crippen LogP contribution in [0.5, 0.6) is 0 Å². The first kappa shape index (κ1) is 15.0. The van der Waals surface area contributed by atoms with Crippen LogP contribution in [0, 0.1) is 6.92 Å². The number of benzene rings is 2. The molecule has 0 saturated carbocycles. The first-order chi connectivity index (χ1) is 11.1. The van der Waals surface area contributed by atoms with Crippen molar-refractivity contribution in [3.63, 3.8) is 0 Å². The quantitative estimate of drug-likeness (QED) is 0.768. The van der Waals surface area contributed by atoms with Crippen molar-refractivity contribution < 1.29 is 4.79 Å². The van der Waals surface area contributed by atoms with Crippen LogP contribution in [0.4, 0.5) is 0 Å². The minimum atomic E-state index is -0.133. The standard InChI is InChI=1S/C19H19N3O/c1-13-7-6-10-16(11-13)18-17(12-20-22-18)19(23)21-14(2)15-8-4-3-5-9-15/h3-12,14H,1-2H3,(H,20,22)(H,21,23)/t14-/m0/s1. The van der Waals surface area contributed by atoms with Gasteiger partial charge in [0.2, 0.25) is 0 Å². The summed E-state index contributed by atoms with van der Waals surface area (Å²) in [6.45, 7) is 4.00. The molecule has 2 aromatic carbocycles. The number of hydrogen-bond donors (Lipinski definition) is 2. The molecule has 0 aliphatic carbocycles. The molecule has 2 N–H and O–H groups in total. The van der Waals surface area contributed by atoms with E-state index in [2.05, 4.69) is 15.5 Å². The Morgan fingerprint density at radius 2 is 1.91 bits per heavy atom. The Hall–Kier alpha value is -2.88. The normalized spacial score (nSPS) is 11.9. The zero-order valence-corrected chi connectivity index (χ0v) is 13.2. The average molecular weight is 305 g/mol. The number of hydrogen-bond acceptors (Lipinski definition) is 2. The molecule has 1 amide bonds. The maximum atomic E-state index is 12.6. The van der Waals surface area contributed by atoms with Crippen LogP contribution in [0.1, 0.15) is 34.5 Å². The van der Waals surface area contributed by atoms with E-state index < -0.39 is 0 Å². The summed E-state index contributed by atoms with van der Waals surface area (Å²) in [7, 11) is 0. The number of H-pyrrole nitrogens is 1. The molecule has 1 aromatic heterocycles. The summed E-state index contributed by atoms with van der Waals surface area (Å²) in [4.78, 5) is 12.6. The van der Waals surface area contributed by atoms with Crippen LogP contribution in [0.3, 0.4) is 0 Å². The third-order valence-electron chi connectivity index (χ3n) is 3.84. The predicted octanol–water partition coefficient (Wildman–Crippen LogP) is 3.88. The maximum absolute atomic E-state index is 12.6.